The van der Waals surface area contributed by atoms with E-state index in [2.05, 4.69) is 41.4 Å². The molecule has 1 heterocycles. The van der Waals surface area contributed by atoms with Crippen molar-refractivity contribution in [3.8, 4) is 0 Å². The highest BCUT2D eigenvalue weighted by atomic mass is 15.1. The van der Waals surface area contributed by atoms with Crippen molar-refractivity contribution in [2.75, 3.05) is 32.5 Å². The molecule has 1 aromatic heterocycles. The second-order valence-corrected chi connectivity index (χ2v) is 4.47. The summed E-state index contributed by atoms with van der Waals surface area (Å²) in [6.45, 7) is 2.06. The number of nitrogens with one attached hydrogen (secondary N) is 1. The van der Waals surface area contributed by atoms with Gasteiger partial charge in [0.1, 0.15) is 5.82 Å². The highest BCUT2D eigenvalue weighted by Gasteiger charge is 1.97. The number of pyridine rings is 1. The fraction of sp³-hybridized carbons (Fsp3) is 0.357. The summed E-state index contributed by atoms with van der Waals surface area (Å²) in [6, 6.07) is 12.3. The summed E-state index contributed by atoms with van der Waals surface area (Å²) in [7, 11) is 4.18. The van der Waals surface area contributed by atoms with Gasteiger partial charge in [0.2, 0.25) is 0 Å². The molecule has 0 aliphatic rings. The monoisotopic (exact) mass is 229 g/mol. The van der Waals surface area contributed by atoms with E-state index in [1.807, 2.05) is 24.3 Å². The Morgan fingerprint density at radius 2 is 1.94 bits per heavy atom. The maximum absolute atomic E-state index is 4.57. The number of benzene rings is 1. The first-order valence-electron chi connectivity index (χ1n) is 6.00. The number of hydrogen-bond acceptors (Lipinski definition) is 3. The third-order valence-electron chi connectivity index (χ3n) is 2.69. The molecule has 0 fully saturated rings. The number of aromatic nitrogens is 1. The van der Waals surface area contributed by atoms with Gasteiger partial charge < -0.3 is 10.2 Å². The molecule has 0 saturated heterocycles. The van der Waals surface area contributed by atoms with Crippen LogP contribution in [0.4, 0.5) is 5.82 Å². The summed E-state index contributed by atoms with van der Waals surface area (Å²) in [5.74, 6) is 0.961. The van der Waals surface area contributed by atoms with E-state index in [1.54, 1.807) is 0 Å². The third-order valence-corrected chi connectivity index (χ3v) is 2.69. The van der Waals surface area contributed by atoms with Gasteiger partial charge in [-0.25, -0.2) is 4.98 Å². The van der Waals surface area contributed by atoms with Crippen LogP contribution in [0.25, 0.3) is 10.9 Å². The van der Waals surface area contributed by atoms with Crippen molar-refractivity contribution < 1.29 is 0 Å². The van der Waals surface area contributed by atoms with Crippen molar-refractivity contribution in [3.05, 3.63) is 36.4 Å². The predicted octanol–water partition coefficient (Wildman–Crippen LogP) is 2.60. The summed E-state index contributed by atoms with van der Waals surface area (Å²) < 4.78 is 0. The minimum atomic E-state index is 0.961. The molecule has 0 radical (unpaired) electrons. The van der Waals surface area contributed by atoms with Gasteiger partial charge in [0, 0.05) is 11.9 Å². The second kappa shape index (κ2) is 5.64. The molecular weight excluding hydrogens is 210 g/mol. The van der Waals surface area contributed by atoms with Crippen LogP contribution in [0.5, 0.6) is 0 Å². The lowest BCUT2D eigenvalue weighted by atomic mass is 10.2. The van der Waals surface area contributed by atoms with E-state index in [9.17, 15) is 0 Å². The lowest BCUT2D eigenvalue weighted by Gasteiger charge is -2.10. The van der Waals surface area contributed by atoms with Crippen LogP contribution in [0.15, 0.2) is 36.4 Å². The van der Waals surface area contributed by atoms with Crippen LogP contribution in [-0.2, 0) is 0 Å². The van der Waals surface area contributed by atoms with Gasteiger partial charge in [-0.05, 0) is 45.3 Å². The quantitative estimate of drug-likeness (QED) is 0.799. The molecule has 2 rings (SSSR count). The molecule has 3 nitrogen and oxygen atoms in total. The standard InChI is InChI=1S/C14H19N3/c1-17(2)11-5-10-15-14-9-8-12-6-3-4-7-13(12)16-14/h3-4,6-9H,5,10-11H2,1-2H3,(H,15,16). The number of para-hydroxylation sites is 1. The zero-order chi connectivity index (χ0) is 12.1. The molecule has 0 aliphatic carbocycles. The van der Waals surface area contributed by atoms with Gasteiger partial charge in [0.15, 0.2) is 0 Å². The van der Waals surface area contributed by atoms with Gasteiger partial charge in [0.05, 0.1) is 5.52 Å². The molecule has 3 heteroatoms. The molecule has 0 amide bonds. The fourth-order valence-corrected chi connectivity index (χ4v) is 1.78. The summed E-state index contributed by atoms with van der Waals surface area (Å²) in [5, 5.41) is 4.54. The summed E-state index contributed by atoms with van der Waals surface area (Å²) in [5.41, 5.74) is 1.05. The smallest absolute Gasteiger partial charge is 0.126 e. The zero-order valence-corrected chi connectivity index (χ0v) is 10.5. The van der Waals surface area contributed by atoms with Gasteiger partial charge in [-0.1, -0.05) is 18.2 Å². The van der Waals surface area contributed by atoms with E-state index in [0.29, 0.717) is 0 Å². The molecule has 0 unspecified atom stereocenters. The summed E-state index contributed by atoms with van der Waals surface area (Å²) in [6.07, 6.45) is 1.13. The Bertz CT molecular complexity index is 480. The van der Waals surface area contributed by atoms with E-state index in [1.165, 1.54) is 5.39 Å². The Labute approximate surface area is 102 Å². The first kappa shape index (κ1) is 11.9. The number of nitrogens with zero attached hydrogens (tertiary/aromatic N) is 2. The Morgan fingerprint density at radius 1 is 1.12 bits per heavy atom. The van der Waals surface area contributed by atoms with E-state index < -0.39 is 0 Å². The first-order valence-corrected chi connectivity index (χ1v) is 6.00. The molecule has 0 spiro atoms. The summed E-state index contributed by atoms with van der Waals surface area (Å²) in [4.78, 5) is 6.76. The number of fused-ring (bicyclic) bond motifs is 1. The molecule has 1 N–H and O–H groups in total. The molecule has 90 valence electrons. The van der Waals surface area contributed by atoms with Crippen molar-refractivity contribution in [1.82, 2.24) is 9.88 Å². The van der Waals surface area contributed by atoms with Crippen LogP contribution in [-0.4, -0.2) is 37.1 Å². The number of anilines is 1. The number of rotatable bonds is 5. The minimum absolute atomic E-state index is 0.961. The topological polar surface area (TPSA) is 28.2 Å². The Balaban J connectivity index is 1.95. The van der Waals surface area contributed by atoms with E-state index in [-0.39, 0.29) is 0 Å². The largest absolute Gasteiger partial charge is 0.370 e. The predicted molar refractivity (Wildman–Crippen MR) is 73.4 cm³/mol. The highest BCUT2D eigenvalue weighted by molar-refractivity contribution is 5.79. The van der Waals surface area contributed by atoms with Crippen molar-refractivity contribution in [3.63, 3.8) is 0 Å². The van der Waals surface area contributed by atoms with Crippen LogP contribution in [0.2, 0.25) is 0 Å². The molecular formula is C14H19N3. The Morgan fingerprint density at radius 3 is 2.76 bits per heavy atom. The van der Waals surface area contributed by atoms with E-state index >= 15 is 0 Å². The summed E-state index contributed by atoms with van der Waals surface area (Å²) >= 11 is 0. The van der Waals surface area contributed by atoms with Gasteiger partial charge >= 0.3 is 0 Å². The van der Waals surface area contributed by atoms with Crippen LogP contribution < -0.4 is 5.32 Å². The van der Waals surface area contributed by atoms with Gasteiger partial charge in [0.25, 0.3) is 0 Å². The normalized spacial score (nSPS) is 11.0. The fourth-order valence-electron chi connectivity index (χ4n) is 1.78. The highest BCUT2D eigenvalue weighted by Crippen LogP contribution is 2.14. The average Bonchev–Trinajstić information content (AvgIpc) is 2.34. The van der Waals surface area contributed by atoms with E-state index in [0.717, 1.165) is 30.8 Å². The van der Waals surface area contributed by atoms with Crippen molar-refractivity contribution in [2.24, 2.45) is 0 Å². The van der Waals surface area contributed by atoms with E-state index in [4.69, 9.17) is 0 Å². The van der Waals surface area contributed by atoms with Gasteiger partial charge in [-0.2, -0.15) is 0 Å². The van der Waals surface area contributed by atoms with Gasteiger partial charge in [-0.15, -0.1) is 0 Å². The van der Waals surface area contributed by atoms with Crippen molar-refractivity contribution >= 4 is 16.7 Å². The Hall–Kier alpha value is -1.61. The van der Waals surface area contributed by atoms with Crippen LogP contribution in [0.1, 0.15) is 6.42 Å². The van der Waals surface area contributed by atoms with Crippen molar-refractivity contribution in [1.29, 1.82) is 0 Å². The van der Waals surface area contributed by atoms with Crippen LogP contribution in [0, 0.1) is 0 Å². The second-order valence-electron chi connectivity index (χ2n) is 4.47. The molecule has 0 saturated carbocycles. The Kier molecular flexibility index (Phi) is 3.94. The molecule has 1 aromatic carbocycles. The maximum atomic E-state index is 4.57. The number of hydrogen-bond donors (Lipinski definition) is 1. The van der Waals surface area contributed by atoms with Gasteiger partial charge in [-0.3, -0.25) is 0 Å². The molecule has 0 bridgehead atoms. The lowest BCUT2D eigenvalue weighted by Crippen LogP contribution is -2.16. The molecule has 0 atom stereocenters. The van der Waals surface area contributed by atoms with Crippen molar-refractivity contribution in [2.45, 2.75) is 6.42 Å². The average molecular weight is 229 g/mol. The lowest BCUT2D eigenvalue weighted by molar-refractivity contribution is 0.405. The van der Waals surface area contributed by atoms with Crippen LogP contribution in [0.3, 0.4) is 0 Å². The SMILES string of the molecule is CN(C)CCCNc1ccc2ccccc2n1. The molecule has 0 aliphatic heterocycles. The van der Waals surface area contributed by atoms with Crippen LogP contribution >= 0.6 is 0 Å². The third kappa shape index (κ3) is 3.43. The molecule has 17 heavy (non-hydrogen) atoms. The molecule has 2 aromatic rings. The first-order chi connectivity index (χ1) is 8.25. The minimum Gasteiger partial charge on any atom is -0.370 e. The maximum Gasteiger partial charge on any atom is 0.126 e. The zero-order valence-electron chi connectivity index (χ0n) is 10.5.